The van der Waals surface area contributed by atoms with Gasteiger partial charge >= 0.3 is 0 Å². The first-order valence-electron chi connectivity index (χ1n) is 3.91. The van der Waals surface area contributed by atoms with Gasteiger partial charge in [0.15, 0.2) is 4.77 Å². The number of hydrogen-bond donors (Lipinski definition) is 1. The maximum absolute atomic E-state index is 11.2. The van der Waals surface area contributed by atoms with Crippen molar-refractivity contribution >= 4 is 29.2 Å². The molecular weight excluding hydrogens is 184 g/mol. The van der Waals surface area contributed by atoms with Crippen LogP contribution in [0.3, 0.4) is 0 Å². The molecule has 0 spiro atoms. The molecule has 0 aliphatic carbocycles. The molecule has 0 unspecified atom stereocenters. The van der Waals surface area contributed by atoms with E-state index in [-0.39, 0.29) is 5.91 Å². The number of fused-ring (bicyclic) bond motifs is 1. The second kappa shape index (κ2) is 2.81. The first kappa shape index (κ1) is 8.19. The van der Waals surface area contributed by atoms with E-state index in [2.05, 4.69) is 4.98 Å². The minimum absolute atomic E-state index is 0.0672. The highest BCUT2D eigenvalue weighted by Gasteiger charge is 2.05. The van der Waals surface area contributed by atoms with E-state index in [9.17, 15) is 4.79 Å². The largest absolute Gasteiger partial charge is 0.330 e. The number of rotatable bonds is 0. The highest BCUT2D eigenvalue weighted by atomic mass is 32.1. The lowest BCUT2D eigenvalue weighted by Gasteiger charge is -1.95. The molecule has 1 aromatic carbocycles. The molecule has 0 aliphatic heterocycles. The minimum Gasteiger partial charge on any atom is -0.330 e. The Bertz CT molecular complexity index is 524. The molecule has 0 bridgehead atoms. The number of H-pyrrole nitrogens is 1. The molecule has 1 aromatic heterocycles. The molecule has 0 aliphatic rings. The molecular formula is C9H8N2OS. The third kappa shape index (κ3) is 1.19. The lowest BCUT2D eigenvalue weighted by molar-refractivity contribution is 0.0939. The van der Waals surface area contributed by atoms with E-state index >= 15 is 0 Å². The number of carbonyl (C=O) groups is 1. The van der Waals surface area contributed by atoms with Crippen LogP contribution in [-0.2, 0) is 0 Å². The monoisotopic (exact) mass is 192 g/mol. The first-order valence-corrected chi connectivity index (χ1v) is 4.31. The van der Waals surface area contributed by atoms with Crippen LogP contribution >= 0.6 is 12.2 Å². The topological polar surface area (TPSA) is 37.8 Å². The fourth-order valence-corrected chi connectivity index (χ4v) is 1.70. The average Bonchev–Trinajstić information content (AvgIpc) is 2.39. The van der Waals surface area contributed by atoms with E-state index in [4.69, 9.17) is 12.2 Å². The van der Waals surface area contributed by atoms with Crippen molar-refractivity contribution in [1.29, 1.82) is 0 Å². The van der Waals surface area contributed by atoms with Crippen molar-refractivity contribution in [3.63, 3.8) is 0 Å². The molecule has 0 amide bonds. The molecule has 4 heteroatoms. The normalized spacial score (nSPS) is 10.5. The van der Waals surface area contributed by atoms with Crippen LogP contribution < -0.4 is 0 Å². The Hall–Kier alpha value is -1.42. The van der Waals surface area contributed by atoms with Gasteiger partial charge in [-0.3, -0.25) is 9.36 Å². The van der Waals surface area contributed by atoms with Crippen LogP contribution in [0.25, 0.3) is 11.0 Å². The summed E-state index contributed by atoms with van der Waals surface area (Å²) in [6, 6.07) is 7.54. The zero-order chi connectivity index (χ0) is 9.42. The fourth-order valence-electron chi connectivity index (χ4n) is 1.37. The molecule has 66 valence electrons. The smallest absolute Gasteiger partial charge is 0.230 e. The number of aromatic amines is 1. The van der Waals surface area contributed by atoms with E-state index < -0.39 is 0 Å². The van der Waals surface area contributed by atoms with Crippen LogP contribution in [0.15, 0.2) is 24.3 Å². The first-order chi connectivity index (χ1) is 6.20. The van der Waals surface area contributed by atoms with Gasteiger partial charge in [-0.15, -0.1) is 0 Å². The Morgan fingerprint density at radius 2 is 2.15 bits per heavy atom. The number of carbonyl (C=O) groups excluding carboxylic acids is 1. The van der Waals surface area contributed by atoms with Crippen LogP contribution in [-0.4, -0.2) is 15.5 Å². The lowest BCUT2D eigenvalue weighted by atomic mass is 10.3. The Morgan fingerprint density at radius 3 is 2.85 bits per heavy atom. The van der Waals surface area contributed by atoms with Crippen molar-refractivity contribution in [3.05, 3.63) is 29.0 Å². The number of aromatic nitrogens is 2. The third-order valence-corrected chi connectivity index (χ3v) is 2.19. The van der Waals surface area contributed by atoms with E-state index in [1.165, 1.54) is 11.5 Å². The number of nitrogens with zero attached hydrogens (tertiary/aromatic N) is 1. The third-order valence-electron chi connectivity index (χ3n) is 1.90. The average molecular weight is 192 g/mol. The summed E-state index contributed by atoms with van der Waals surface area (Å²) in [5.41, 5.74) is 1.72. The van der Waals surface area contributed by atoms with Gasteiger partial charge < -0.3 is 4.98 Å². The summed E-state index contributed by atoms with van der Waals surface area (Å²) in [7, 11) is 0. The van der Waals surface area contributed by atoms with Crippen LogP contribution in [0, 0.1) is 4.77 Å². The predicted octanol–water partition coefficient (Wildman–Crippen LogP) is 2.36. The number of benzene rings is 1. The maximum atomic E-state index is 11.2. The molecule has 3 nitrogen and oxygen atoms in total. The Labute approximate surface area is 80.0 Å². The van der Waals surface area contributed by atoms with Crippen molar-refractivity contribution in [2.75, 3.05) is 0 Å². The van der Waals surface area contributed by atoms with E-state index in [0.29, 0.717) is 4.77 Å². The number of para-hydroxylation sites is 2. The standard InChI is InChI=1S/C9H8N2OS/c1-6(12)11-8-5-3-2-4-7(8)10-9(11)13/h2-5H,1H3,(H,10,13). The second-order valence-electron chi connectivity index (χ2n) is 2.80. The lowest BCUT2D eigenvalue weighted by Crippen LogP contribution is -2.04. The summed E-state index contributed by atoms with van der Waals surface area (Å²) in [5.74, 6) is -0.0672. The highest BCUT2D eigenvalue weighted by molar-refractivity contribution is 7.71. The number of hydrogen-bond acceptors (Lipinski definition) is 2. The SMILES string of the molecule is CC(=O)n1c(=S)[nH]c2ccccc21. The Kier molecular flexibility index (Phi) is 1.77. The van der Waals surface area contributed by atoms with Crippen molar-refractivity contribution in [2.45, 2.75) is 6.92 Å². The summed E-state index contributed by atoms with van der Waals surface area (Å²) in [6.45, 7) is 1.50. The Morgan fingerprint density at radius 1 is 1.46 bits per heavy atom. The molecule has 0 saturated carbocycles. The summed E-state index contributed by atoms with van der Waals surface area (Å²) in [4.78, 5) is 14.2. The van der Waals surface area contributed by atoms with E-state index in [1.54, 1.807) is 0 Å². The number of imidazole rings is 1. The van der Waals surface area contributed by atoms with Gasteiger partial charge in [0.2, 0.25) is 5.91 Å². The van der Waals surface area contributed by atoms with E-state index in [0.717, 1.165) is 11.0 Å². The van der Waals surface area contributed by atoms with Gasteiger partial charge in [-0.25, -0.2) is 0 Å². The maximum Gasteiger partial charge on any atom is 0.230 e. The van der Waals surface area contributed by atoms with Gasteiger partial charge in [0.1, 0.15) is 0 Å². The zero-order valence-electron chi connectivity index (χ0n) is 7.07. The van der Waals surface area contributed by atoms with Crippen molar-refractivity contribution < 1.29 is 4.79 Å². The van der Waals surface area contributed by atoms with E-state index in [1.807, 2.05) is 24.3 Å². The zero-order valence-corrected chi connectivity index (χ0v) is 7.89. The van der Waals surface area contributed by atoms with Crippen molar-refractivity contribution in [1.82, 2.24) is 9.55 Å². The van der Waals surface area contributed by atoms with Gasteiger partial charge in [-0.1, -0.05) is 12.1 Å². The quantitative estimate of drug-likeness (QED) is 0.651. The molecule has 0 atom stereocenters. The summed E-state index contributed by atoms with van der Waals surface area (Å²) in [6.07, 6.45) is 0. The predicted molar refractivity (Wildman–Crippen MR) is 53.4 cm³/mol. The molecule has 1 N–H and O–H groups in total. The molecule has 2 aromatic rings. The molecule has 0 saturated heterocycles. The summed E-state index contributed by atoms with van der Waals surface area (Å²) < 4.78 is 1.94. The fraction of sp³-hybridized carbons (Fsp3) is 0.111. The van der Waals surface area contributed by atoms with Gasteiger partial charge in [-0.05, 0) is 24.4 Å². The Balaban J connectivity index is 2.95. The number of nitrogens with one attached hydrogen (secondary N) is 1. The molecule has 2 rings (SSSR count). The highest BCUT2D eigenvalue weighted by Crippen LogP contribution is 2.12. The van der Waals surface area contributed by atoms with Gasteiger partial charge in [0.25, 0.3) is 0 Å². The van der Waals surface area contributed by atoms with Crippen molar-refractivity contribution in [2.24, 2.45) is 0 Å². The molecule has 0 radical (unpaired) electrons. The van der Waals surface area contributed by atoms with Gasteiger partial charge in [0, 0.05) is 6.92 Å². The molecule has 0 fully saturated rings. The van der Waals surface area contributed by atoms with Crippen LogP contribution in [0.4, 0.5) is 0 Å². The summed E-state index contributed by atoms with van der Waals surface area (Å²) >= 11 is 5.02. The summed E-state index contributed by atoms with van der Waals surface area (Å²) in [5, 5.41) is 0. The second-order valence-corrected chi connectivity index (χ2v) is 3.19. The van der Waals surface area contributed by atoms with Crippen molar-refractivity contribution in [3.8, 4) is 0 Å². The minimum atomic E-state index is -0.0672. The molecule has 13 heavy (non-hydrogen) atoms. The molecule has 1 heterocycles. The van der Waals surface area contributed by atoms with Crippen LogP contribution in [0.1, 0.15) is 11.7 Å². The van der Waals surface area contributed by atoms with Gasteiger partial charge in [0.05, 0.1) is 11.0 Å². The van der Waals surface area contributed by atoms with Crippen LogP contribution in [0.5, 0.6) is 0 Å². The van der Waals surface area contributed by atoms with Crippen LogP contribution in [0.2, 0.25) is 0 Å². The van der Waals surface area contributed by atoms with Gasteiger partial charge in [-0.2, -0.15) is 0 Å².